The Kier molecular flexibility index (Phi) is 3.20. The molecule has 0 radical (unpaired) electrons. The summed E-state index contributed by atoms with van der Waals surface area (Å²) >= 11 is 0. The SMILES string of the molecule is N#CCc1c(-c2ccc3c(c2)CCCC3)[nH]c2ccccc12. The van der Waals surface area contributed by atoms with E-state index in [0.717, 1.165) is 22.2 Å². The van der Waals surface area contributed by atoms with Crippen LogP contribution in [0.15, 0.2) is 42.5 Å². The number of nitrogens with one attached hydrogen (secondary N) is 1. The third-order valence-electron chi connectivity index (χ3n) is 4.71. The molecule has 4 rings (SSSR count). The van der Waals surface area contributed by atoms with Crippen molar-refractivity contribution in [1.82, 2.24) is 4.98 Å². The van der Waals surface area contributed by atoms with Crippen LogP contribution in [-0.2, 0) is 19.3 Å². The molecule has 0 spiro atoms. The molecule has 1 aliphatic carbocycles. The van der Waals surface area contributed by atoms with Crippen molar-refractivity contribution < 1.29 is 0 Å². The molecule has 0 aliphatic heterocycles. The van der Waals surface area contributed by atoms with Gasteiger partial charge in [-0.25, -0.2) is 0 Å². The lowest BCUT2D eigenvalue weighted by molar-refractivity contribution is 0.686. The normalized spacial score (nSPS) is 13.8. The number of nitriles is 1. The van der Waals surface area contributed by atoms with Crippen molar-refractivity contribution in [3.63, 3.8) is 0 Å². The number of fused-ring (bicyclic) bond motifs is 2. The standard InChI is InChI=1S/C20H18N2/c21-12-11-18-17-7-3-4-8-19(17)22-20(18)16-10-9-14-5-1-2-6-15(14)13-16/h3-4,7-10,13,22H,1-2,5-6,11H2. The molecule has 1 heterocycles. The van der Waals surface area contributed by atoms with Gasteiger partial charge in [-0.05, 0) is 60.1 Å². The van der Waals surface area contributed by atoms with E-state index in [1.807, 2.05) is 12.1 Å². The van der Waals surface area contributed by atoms with E-state index in [1.165, 1.54) is 42.4 Å². The Morgan fingerprint density at radius 2 is 1.82 bits per heavy atom. The molecule has 2 heteroatoms. The van der Waals surface area contributed by atoms with E-state index in [-0.39, 0.29) is 0 Å². The highest BCUT2D eigenvalue weighted by atomic mass is 14.7. The molecule has 0 bridgehead atoms. The van der Waals surface area contributed by atoms with Crippen LogP contribution in [0.3, 0.4) is 0 Å². The summed E-state index contributed by atoms with van der Waals surface area (Å²) in [6.45, 7) is 0. The Labute approximate surface area is 130 Å². The molecule has 1 aliphatic rings. The zero-order valence-electron chi connectivity index (χ0n) is 12.5. The predicted molar refractivity (Wildman–Crippen MR) is 89.7 cm³/mol. The minimum atomic E-state index is 0.441. The van der Waals surface area contributed by atoms with Gasteiger partial charge in [-0.1, -0.05) is 30.3 Å². The smallest absolute Gasteiger partial charge is 0.0670 e. The van der Waals surface area contributed by atoms with Crippen LogP contribution in [0.4, 0.5) is 0 Å². The Morgan fingerprint density at radius 1 is 1.00 bits per heavy atom. The van der Waals surface area contributed by atoms with Crippen molar-refractivity contribution in [3.05, 3.63) is 59.2 Å². The van der Waals surface area contributed by atoms with Crippen LogP contribution in [0.25, 0.3) is 22.2 Å². The maximum atomic E-state index is 9.20. The molecule has 0 unspecified atom stereocenters. The van der Waals surface area contributed by atoms with Crippen molar-refractivity contribution >= 4 is 10.9 Å². The average Bonchev–Trinajstić information content (AvgIpc) is 2.94. The fourth-order valence-corrected chi connectivity index (χ4v) is 3.60. The first-order valence-corrected chi connectivity index (χ1v) is 7.95. The number of rotatable bonds is 2. The van der Waals surface area contributed by atoms with Gasteiger partial charge in [0.2, 0.25) is 0 Å². The van der Waals surface area contributed by atoms with Gasteiger partial charge in [-0.3, -0.25) is 0 Å². The average molecular weight is 286 g/mol. The number of hydrogen-bond acceptors (Lipinski definition) is 1. The molecule has 0 saturated heterocycles. The molecule has 0 amide bonds. The number of para-hydroxylation sites is 1. The van der Waals surface area contributed by atoms with Gasteiger partial charge in [0.15, 0.2) is 0 Å². The summed E-state index contributed by atoms with van der Waals surface area (Å²) in [5.74, 6) is 0. The molecule has 0 atom stereocenters. The van der Waals surface area contributed by atoms with Crippen molar-refractivity contribution in [2.75, 3.05) is 0 Å². The lowest BCUT2D eigenvalue weighted by atomic mass is 9.89. The Balaban J connectivity index is 1.90. The Hall–Kier alpha value is -2.53. The van der Waals surface area contributed by atoms with Crippen molar-refractivity contribution in [2.24, 2.45) is 0 Å². The minimum Gasteiger partial charge on any atom is -0.354 e. The van der Waals surface area contributed by atoms with Gasteiger partial charge >= 0.3 is 0 Å². The van der Waals surface area contributed by atoms with Gasteiger partial charge in [-0.15, -0.1) is 0 Å². The first-order chi connectivity index (χ1) is 10.9. The molecule has 1 N–H and O–H groups in total. The maximum absolute atomic E-state index is 9.20. The van der Waals surface area contributed by atoms with Gasteiger partial charge < -0.3 is 4.98 Å². The molecule has 3 aromatic rings. The summed E-state index contributed by atoms with van der Waals surface area (Å²) in [4.78, 5) is 3.52. The lowest BCUT2D eigenvalue weighted by Crippen LogP contribution is -2.02. The van der Waals surface area contributed by atoms with Crippen LogP contribution in [0.1, 0.15) is 29.5 Å². The number of hydrogen-bond donors (Lipinski definition) is 1. The first kappa shape index (κ1) is 13.2. The minimum absolute atomic E-state index is 0.441. The largest absolute Gasteiger partial charge is 0.354 e. The topological polar surface area (TPSA) is 39.6 Å². The summed E-state index contributed by atoms with van der Waals surface area (Å²) < 4.78 is 0. The number of aromatic nitrogens is 1. The van der Waals surface area contributed by atoms with Crippen LogP contribution >= 0.6 is 0 Å². The third-order valence-corrected chi connectivity index (χ3v) is 4.71. The van der Waals surface area contributed by atoms with Crippen LogP contribution < -0.4 is 0 Å². The molecule has 0 fully saturated rings. The Bertz CT molecular complexity index is 880. The maximum Gasteiger partial charge on any atom is 0.0670 e. The van der Waals surface area contributed by atoms with E-state index in [1.54, 1.807) is 0 Å². The Morgan fingerprint density at radius 3 is 2.68 bits per heavy atom. The molecule has 22 heavy (non-hydrogen) atoms. The third kappa shape index (κ3) is 2.10. The molecule has 1 aromatic heterocycles. The molecular weight excluding hydrogens is 268 g/mol. The molecule has 2 nitrogen and oxygen atoms in total. The monoisotopic (exact) mass is 286 g/mol. The predicted octanol–water partition coefficient (Wildman–Crippen LogP) is 4.78. The zero-order chi connectivity index (χ0) is 14.9. The van der Waals surface area contributed by atoms with E-state index >= 15 is 0 Å². The van der Waals surface area contributed by atoms with E-state index in [2.05, 4.69) is 41.4 Å². The fraction of sp³-hybridized carbons (Fsp3) is 0.250. The first-order valence-electron chi connectivity index (χ1n) is 7.95. The summed E-state index contributed by atoms with van der Waals surface area (Å²) in [6, 6.07) is 17.4. The van der Waals surface area contributed by atoms with Gasteiger partial charge in [0.25, 0.3) is 0 Å². The second-order valence-electron chi connectivity index (χ2n) is 6.05. The van der Waals surface area contributed by atoms with Crippen LogP contribution in [0, 0.1) is 11.3 Å². The quantitative estimate of drug-likeness (QED) is 0.723. The van der Waals surface area contributed by atoms with Gasteiger partial charge in [0, 0.05) is 10.9 Å². The summed E-state index contributed by atoms with van der Waals surface area (Å²) in [5.41, 5.74) is 7.52. The van der Waals surface area contributed by atoms with Crippen molar-refractivity contribution in [2.45, 2.75) is 32.1 Å². The highest BCUT2D eigenvalue weighted by molar-refractivity contribution is 5.91. The summed E-state index contributed by atoms with van der Waals surface area (Å²) in [7, 11) is 0. The number of benzene rings is 2. The summed E-state index contributed by atoms with van der Waals surface area (Å²) in [6.07, 6.45) is 5.41. The van der Waals surface area contributed by atoms with E-state index in [0.29, 0.717) is 6.42 Å². The van der Waals surface area contributed by atoms with Crippen LogP contribution in [0.2, 0.25) is 0 Å². The molecule has 108 valence electrons. The number of H-pyrrole nitrogens is 1. The van der Waals surface area contributed by atoms with Crippen molar-refractivity contribution in [1.29, 1.82) is 5.26 Å². The number of aryl methyl sites for hydroxylation is 2. The van der Waals surface area contributed by atoms with E-state index < -0.39 is 0 Å². The van der Waals surface area contributed by atoms with Crippen LogP contribution in [0.5, 0.6) is 0 Å². The highest BCUT2D eigenvalue weighted by Crippen LogP contribution is 2.33. The fourth-order valence-electron chi connectivity index (χ4n) is 3.60. The number of aromatic amines is 1. The van der Waals surface area contributed by atoms with E-state index in [9.17, 15) is 5.26 Å². The molecule has 0 saturated carbocycles. The summed E-state index contributed by atoms with van der Waals surface area (Å²) in [5, 5.41) is 10.4. The lowest BCUT2D eigenvalue weighted by Gasteiger charge is -2.16. The molecular formula is C20H18N2. The van der Waals surface area contributed by atoms with Crippen molar-refractivity contribution in [3.8, 4) is 17.3 Å². The second-order valence-corrected chi connectivity index (χ2v) is 6.05. The molecule has 2 aromatic carbocycles. The van der Waals surface area contributed by atoms with E-state index in [4.69, 9.17) is 0 Å². The highest BCUT2D eigenvalue weighted by Gasteiger charge is 2.15. The number of nitrogens with zero attached hydrogens (tertiary/aromatic N) is 1. The van der Waals surface area contributed by atoms with Gasteiger partial charge in [0.1, 0.15) is 0 Å². The van der Waals surface area contributed by atoms with Crippen LogP contribution in [-0.4, -0.2) is 4.98 Å². The van der Waals surface area contributed by atoms with Gasteiger partial charge in [0.05, 0.1) is 18.2 Å². The van der Waals surface area contributed by atoms with Gasteiger partial charge in [-0.2, -0.15) is 5.26 Å². The second kappa shape index (κ2) is 5.35. The zero-order valence-corrected chi connectivity index (χ0v) is 12.5.